The van der Waals surface area contributed by atoms with Crippen LogP contribution in [0, 0.1) is 0 Å². The molecule has 0 N–H and O–H groups in total. The molecule has 0 spiro atoms. The predicted molar refractivity (Wildman–Crippen MR) is 25.9 cm³/mol. The summed E-state index contributed by atoms with van der Waals surface area (Å²) >= 11 is -0.637. The van der Waals surface area contributed by atoms with Crippen LogP contribution >= 0.6 is 0 Å². The summed E-state index contributed by atoms with van der Waals surface area (Å²) in [7, 11) is 0. The van der Waals surface area contributed by atoms with Crippen molar-refractivity contribution in [3.8, 4) is 0 Å². The van der Waals surface area contributed by atoms with Gasteiger partial charge in [0.25, 0.3) is 0 Å². The van der Waals surface area contributed by atoms with Gasteiger partial charge in [-0.15, -0.1) is 0 Å². The second-order valence-electron chi connectivity index (χ2n) is 1.73. The Bertz CT molecular complexity index is 15.5. The van der Waals surface area contributed by atoms with Gasteiger partial charge in [0, 0.05) is 0 Å². The second kappa shape index (κ2) is 5.40. The molecule has 0 amide bonds. The van der Waals surface area contributed by atoms with Gasteiger partial charge in [-0.2, -0.15) is 0 Å². The molecule has 0 aromatic carbocycles. The maximum atomic E-state index is 2.38. The second-order valence-corrected chi connectivity index (χ2v) is 11.6. The summed E-state index contributed by atoms with van der Waals surface area (Å²) in [5.74, 6) is 0. The van der Waals surface area contributed by atoms with Gasteiger partial charge in [-0.25, -0.2) is 0 Å². The molecule has 0 radical (unpaired) electrons. The Balaban J connectivity index is -0.0000000450. The maximum absolute atomic E-state index is 2.38. The van der Waals surface area contributed by atoms with Crippen molar-refractivity contribution in [1.29, 1.82) is 0 Å². The van der Waals surface area contributed by atoms with E-state index in [1.54, 1.807) is 0 Å². The summed E-state index contributed by atoms with van der Waals surface area (Å²) in [6, 6.07) is 0. The summed E-state index contributed by atoms with van der Waals surface area (Å²) in [4.78, 5) is 7.13. The Morgan fingerprint density at radius 2 is 1.20 bits per heavy atom. The summed E-state index contributed by atoms with van der Waals surface area (Å²) in [5.41, 5.74) is 0. The molecule has 0 nitrogen and oxygen atoms in total. The van der Waals surface area contributed by atoms with Crippen molar-refractivity contribution < 1.29 is 20.3 Å². The first-order chi connectivity index (χ1) is 1.73. The van der Waals surface area contributed by atoms with Gasteiger partial charge in [-0.1, -0.05) is 0 Å². The molecule has 5 heavy (non-hydrogen) atoms. The van der Waals surface area contributed by atoms with Crippen LogP contribution in [0.3, 0.4) is 0 Å². The van der Waals surface area contributed by atoms with Crippen LogP contribution in [0.5, 0.6) is 0 Å². The molecule has 0 saturated carbocycles. The maximum Gasteiger partial charge on any atom is 1.00 e. The Kier molecular flexibility index (Phi) is 10.4. The van der Waals surface area contributed by atoms with E-state index in [4.69, 9.17) is 0 Å². The molecule has 0 bridgehead atoms. The average Bonchev–Trinajstić information content (AvgIpc) is 0.811. The first kappa shape index (κ1) is 9.64. The van der Waals surface area contributed by atoms with E-state index in [1.807, 2.05) is 0 Å². The molecule has 2 heteroatoms. The molecule has 0 saturated heterocycles. The Hall–Kier alpha value is 1.40. The molecular weight excluding hydrogens is 162 g/mol. The number of hydrogen-bond acceptors (Lipinski definition) is 0. The molecule has 0 rings (SSSR count). The Labute approximate surface area is 54.7 Å². The van der Waals surface area contributed by atoms with E-state index < -0.39 is 19.8 Å². The van der Waals surface area contributed by atoms with Crippen LogP contribution in [0.15, 0.2) is 0 Å². The van der Waals surface area contributed by atoms with Crippen molar-refractivity contribution in [3.63, 3.8) is 0 Å². The molecule has 28 valence electrons. The van der Waals surface area contributed by atoms with Crippen LogP contribution in [0.25, 0.3) is 0 Å². The zero-order chi connectivity index (χ0) is 3.58. The van der Waals surface area contributed by atoms with Crippen molar-refractivity contribution in [2.75, 3.05) is 0 Å². The third-order valence-electron chi connectivity index (χ3n) is 0. The minimum atomic E-state index is -0.637. The van der Waals surface area contributed by atoms with E-state index in [9.17, 15) is 0 Å². The van der Waals surface area contributed by atoms with Crippen molar-refractivity contribution in [2.45, 2.75) is 14.8 Å². The summed E-state index contributed by atoms with van der Waals surface area (Å²) in [6.07, 6.45) is 0. The van der Waals surface area contributed by atoms with Gasteiger partial charge >= 0.3 is 53.4 Å². The zero-order valence-electron chi connectivity index (χ0n) is 5.58. The number of hydrogen-bond donors (Lipinski definition) is 0. The normalized spacial score (nSPS) is 7.20. The fourth-order valence-electron chi connectivity index (χ4n) is 0. The van der Waals surface area contributed by atoms with E-state index in [1.165, 1.54) is 0 Å². The summed E-state index contributed by atoms with van der Waals surface area (Å²) < 4.78 is 0. The van der Waals surface area contributed by atoms with E-state index in [2.05, 4.69) is 14.8 Å². The molecule has 0 fully saturated rings. The number of rotatable bonds is 0. The van der Waals surface area contributed by atoms with E-state index in [0.29, 0.717) is 0 Å². The van der Waals surface area contributed by atoms with Gasteiger partial charge in [-0.05, 0) is 0 Å². The van der Waals surface area contributed by atoms with Gasteiger partial charge in [0.2, 0.25) is 0 Å². The summed E-state index contributed by atoms with van der Waals surface area (Å²) in [5, 5.41) is 0. The Morgan fingerprint density at radius 1 is 1.20 bits per heavy atom. The van der Waals surface area contributed by atoms with Crippen LogP contribution in [0.2, 0.25) is 14.8 Å². The minimum Gasteiger partial charge on any atom is -1.00 e. The zero-order valence-corrected chi connectivity index (χ0v) is 7.87. The van der Waals surface area contributed by atoms with E-state index in [0.717, 1.165) is 0 Å². The Morgan fingerprint density at radius 3 is 1.20 bits per heavy atom. The van der Waals surface area contributed by atoms with Gasteiger partial charge < -0.3 is 1.43 Å². The van der Waals surface area contributed by atoms with Crippen LogP contribution < -0.4 is 18.9 Å². The first-order valence-electron chi connectivity index (χ1n) is 1.73. The summed E-state index contributed by atoms with van der Waals surface area (Å²) in [6.45, 7) is 0. The molecular formula is C3H11LiSn. The monoisotopic (exact) mass is 174 g/mol. The third kappa shape index (κ3) is 31.9. The molecule has 0 aromatic heterocycles. The van der Waals surface area contributed by atoms with Crippen molar-refractivity contribution in [3.05, 3.63) is 0 Å². The molecule has 0 aromatic rings. The minimum absolute atomic E-state index is 0. The largest absolute Gasteiger partial charge is 1.00 e. The van der Waals surface area contributed by atoms with E-state index in [-0.39, 0.29) is 20.3 Å². The smallest absolute Gasteiger partial charge is 1.00 e. The molecule has 0 aliphatic rings. The topological polar surface area (TPSA) is 0 Å². The fourth-order valence-corrected chi connectivity index (χ4v) is 0. The fraction of sp³-hybridized carbons (Fsp3) is 1.00. The van der Waals surface area contributed by atoms with Gasteiger partial charge in [0.05, 0.1) is 0 Å². The van der Waals surface area contributed by atoms with Crippen molar-refractivity contribution in [1.82, 2.24) is 0 Å². The van der Waals surface area contributed by atoms with Gasteiger partial charge in [0.15, 0.2) is 0 Å². The van der Waals surface area contributed by atoms with Crippen LogP contribution in [-0.4, -0.2) is 19.8 Å². The van der Waals surface area contributed by atoms with Crippen molar-refractivity contribution in [2.24, 2.45) is 0 Å². The van der Waals surface area contributed by atoms with Gasteiger partial charge in [-0.3, -0.25) is 0 Å². The first-order valence-corrected chi connectivity index (χ1v) is 11.6. The van der Waals surface area contributed by atoms with E-state index >= 15 is 0 Å². The predicted octanol–water partition coefficient (Wildman–Crippen LogP) is -1.78. The molecule has 0 atom stereocenters. The van der Waals surface area contributed by atoms with Crippen LogP contribution in [0.4, 0.5) is 0 Å². The third-order valence-corrected chi connectivity index (χ3v) is 0. The average molecular weight is 173 g/mol. The molecule has 0 aliphatic heterocycles. The molecule has 0 heterocycles. The van der Waals surface area contributed by atoms with Crippen LogP contribution in [0.1, 0.15) is 1.43 Å². The van der Waals surface area contributed by atoms with Gasteiger partial charge in [0.1, 0.15) is 0 Å². The molecule has 0 unspecified atom stereocenters. The van der Waals surface area contributed by atoms with Crippen molar-refractivity contribution >= 4 is 19.8 Å². The SMILES string of the molecule is [CH3][SnH]([CH3])[CH3].[H-].[Li+]. The standard InChI is InChI=1S/3CH3.Li.Sn.2H/h3*1H3;;;;/q;;;+1;;;-1. The molecule has 0 aliphatic carbocycles. The quantitative estimate of drug-likeness (QED) is 0.379. The van der Waals surface area contributed by atoms with Crippen LogP contribution in [-0.2, 0) is 0 Å².